The molecule has 0 radical (unpaired) electrons. The number of aromatic nitrogens is 2. The average molecular weight is 453 g/mol. The van der Waals surface area contributed by atoms with Crippen LogP contribution in [0.5, 0.6) is 0 Å². The second kappa shape index (κ2) is 8.37. The van der Waals surface area contributed by atoms with Crippen LogP contribution in [-0.4, -0.2) is 56.7 Å². The quantitative estimate of drug-likeness (QED) is 0.475. The number of para-hydroxylation sites is 2. The van der Waals surface area contributed by atoms with Crippen molar-refractivity contribution in [2.45, 2.75) is 25.4 Å². The number of hydrogen-bond acceptors (Lipinski definition) is 4. The van der Waals surface area contributed by atoms with Gasteiger partial charge in [-0.1, -0.05) is 36.4 Å². The monoisotopic (exact) mass is 452 g/mol. The van der Waals surface area contributed by atoms with Crippen LogP contribution >= 0.6 is 0 Å². The standard InChI is InChI=1S/C28H28N4O2/c1-30-23(14-21-7-3-5-9-25(21)30)17-31-10-11-32-26(18-31)28(34)22(15-27(32)33)13-19-12-20-6-2-4-8-24(20)29-16-19/h2-9,12,14,16,22,26H,10-11,13,15,17-18H2,1H3. The molecule has 4 aromatic rings. The van der Waals surface area contributed by atoms with Gasteiger partial charge >= 0.3 is 0 Å². The van der Waals surface area contributed by atoms with Gasteiger partial charge in [-0.25, -0.2) is 0 Å². The number of piperidine rings is 1. The maximum Gasteiger partial charge on any atom is 0.224 e. The highest BCUT2D eigenvalue weighted by molar-refractivity contribution is 5.97. The lowest BCUT2D eigenvalue weighted by Crippen LogP contribution is -2.62. The molecule has 2 aliphatic rings. The lowest BCUT2D eigenvalue weighted by Gasteiger charge is -2.45. The first-order valence-electron chi connectivity index (χ1n) is 12.0. The molecule has 172 valence electrons. The minimum absolute atomic E-state index is 0.104. The zero-order valence-electron chi connectivity index (χ0n) is 19.4. The lowest BCUT2D eigenvalue weighted by atomic mass is 9.83. The number of nitrogens with zero attached hydrogens (tertiary/aromatic N) is 4. The Kier molecular flexibility index (Phi) is 5.18. The number of hydrogen-bond donors (Lipinski definition) is 0. The van der Waals surface area contributed by atoms with E-state index in [4.69, 9.17) is 0 Å². The van der Waals surface area contributed by atoms with Gasteiger partial charge in [0.15, 0.2) is 5.78 Å². The fraction of sp³-hybridized carbons (Fsp3) is 0.321. The predicted molar refractivity (Wildman–Crippen MR) is 132 cm³/mol. The van der Waals surface area contributed by atoms with E-state index < -0.39 is 0 Å². The van der Waals surface area contributed by atoms with Crippen molar-refractivity contribution in [3.8, 4) is 0 Å². The van der Waals surface area contributed by atoms with E-state index in [1.54, 1.807) is 0 Å². The Labute approximate surface area is 198 Å². The molecule has 2 aromatic carbocycles. The molecule has 2 unspecified atom stereocenters. The molecule has 0 aliphatic carbocycles. The van der Waals surface area contributed by atoms with Gasteiger partial charge in [-0.3, -0.25) is 19.5 Å². The molecule has 2 saturated heterocycles. The van der Waals surface area contributed by atoms with Crippen molar-refractivity contribution < 1.29 is 9.59 Å². The molecule has 34 heavy (non-hydrogen) atoms. The number of rotatable bonds is 4. The predicted octanol–water partition coefficient (Wildman–Crippen LogP) is 3.57. The van der Waals surface area contributed by atoms with E-state index in [0.717, 1.165) is 29.6 Å². The van der Waals surface area contributed by atoms with Crippen LogP contribution < -0.4 is 0 Å². The summed E-state index contributed by atoms with van der Waals surface area (Å²) in [6.45, 7) is 2.77. The molecule has 0 N–H and O–H groups in total. The van der Waals surface area contributed by atoms with E-state index in [-0.39, 0.29) is 23.7 Å². The normalized spacial score (nSPS) is 21.4. The number of piperazine rings is 1. The molecule has 6 rings (SSSR count). The lowest BCUT2D eigenvalue weighted by molar-refractivity contribution is -0.152. The third kappa shape index (κ3) is 3.68. The van der Waals surface area contributed by atoms with Gasteiger partial charge in [-0.2, -0.15) is 0 Å². The van der Waals surface area contributed by atoms with Crippen molar-refractivity contribution in [3.05, 3.63) is 78.1 Å². The van der Waals surface area contributed by atoms with Gasteiger partial charge in [0, 0.05) is 68.4 Å². The molecule has 0 bridgehead atoms. The minimum Gasteiger partial charge on any atom is -0.346 e. The molecule has 1 amide bonds. The van der Waals surface area contributed by atoms with Crippen LogP contribution in [0, 0.1) is 5.92 Å². The maximum absolute atomic E-state index is 13.5. The zero-order valence-corrected chi connectivity index (χ0v) is 19.4. The number of fused-ring (bicyclic) bond motifs is 3. The van der Waals surface area contributed by atoms with Crippen molar-refractivity contribution >= 4 is 33.5 Å². The second-order valence-electron chi connectivity index (χ2n) is 9.64. The van der Waals surface area contributed by atoms with Crippen LogP contribution in [0.15, 0.2) is 66.9 Å². The molecular formula is C28H28N4O2. The third-order valence-electron chi connectivity index (χ3n) is 7.50. The van der Waals surface area contributed by atoms with Gasteiger partial charge in [-0.05, 0) is 41.6 Å². The van der Waals surface area contributed by atoms with Crippen molar-refractivity contribution in [1.82, 2.24) is 19.4 Å². The summed E-state index contributed by atoms with van der Waals surface area (Å²) in [5, 5.41) is 2.29. The summed E-state index contributed by atoms with van der Waals surface area (Å²) in [5.41, 5.74) is 4.40. The van der Waals surface area contributed by atoms with Crippen LogP contribution in [0.4, 0.5) is 0 Å². The van der Waals surface area contributed by atoms with Gasteiger partial charge in [0.25, 0.3) is 0 Å². The van der Waals surface area contributed by atoms with E-state index in [2.05, 4.69) is 57.9 Å². The smallest absolute Gasteiger partial charge is 0.224 e. The largest absolute Gasteiger partial charge is 0.346 e. The van der Waals surface area contributed by atoms with Crippen LogP contribution in [0.3, 0.4) is 0 Å². The first-order valence-corrected chi connectivity index (χ1v) is 12.0. The number of ketones is 1. The first-order chi connectivity index (χ1) is 16.6. The van der Waals surface area contributed by atoms with Crippen molar-refractivity contribution in [3.63, 3.8) is 0 Å². The Morgan fingerprint density at radius 3 is 2.62 bits per heavy atom. The van der Waals surface area contributed by atoms with Gasteiger partial charge in [0.05, 0.1) is 5.52 Å². The highest BCUT2D eigenvalue weighted by Crippen LogP contribution is 2.28. The molecule has 0 spiro atoms. The van der Waals surface area contributed by atoms with E-state index >= 15 is 0 Å². The van der Waals surface area contributed by atoms with Gasteiger partial charge in [-0.15, -0.1) is 0 Å². The second-order valence-corrected chi connectivity index (χ2v) is 9.64. The fourth-order valence-corrected chi connectivity index (χ4v) is 5.64. The summed E-state index contributed by atoms with van der Waals surface area (Å²) in [4.78, 5) is 35.2. The zero-order chi connectivity index (χ0) is 23.2. The number of aryl methyl sites for hydroxylation is 1. The molecule has 2 aromatic heterocycles. The first kappa shape index (κ1) is 21.1. The van der Waals surface area contributed by atoms with E-state index in [0.29, 0.717) is 25.9 Å². The molecule has 6 heteroatoms. The molecule has 0 saturated carbocycles. The Bertz CT molecular complexity index is 1410. The van der Waals surface area contributed by atoms with Gasteiger partial charge in [0.2, 0.25) is 5.91 Å². The summed E-state index contributed by atoms with van der Waals surface area (Å²) >= 11 is 0. The van der Waals surface area contributed by atoms with Crippen LogP contribution in [0.2, 0.25) is 0 Å². The summed E-state index contributed by atoms with van der Waals surface area (Å²) in [7, 11) is 2.09. The topological polar surface area (TPSA) is 58.4 Å². The highest BCUT2D eigenvalue weighted by atomic mass is 16.2. The van der Waals surface area contributed by atoms with E-state index in [1.807, 2.05) is 35.4 Å². The van der Waals surface area contributed by atoms with Gasteiger partial charge in [0.1, 0.15) is 6.04 Å². The summed E-state index contributed by atoms with van der Waals surface area (Å²) in [5.74, 6) is 0.0105. The molecule has 2 fully saturated rings. The average Bonchev–Trinajstić information content (AvgIpc) is 3.17. The molecule has 4 heterocycles. The number of benzene rings is 2. The molecule has 2 atom stereocenters. The van der Waals surface area contributed by atoms with Gasteiger partial charge < -0.3 is 9.47 Å². The van der Waals surface area contributed by atoms with Crippen molar-refractivity contribution in [2.75, 3.05) is 19.6 Å². The molecule has 2 aliphatic heterocycles. The Balaban J connectivity index is 1.19. The van der Waals surface area contributed by atoms with E-state index in [1.165, 1.54) is 16.6 Å². The summed E-state index contributed by atoms with van der Waals surface area (Å²) in [6.07, 6.45) is 2.71. The molecule has 6 nitrogen and oxygen atoms in total. The minimum atomic E-state index is -0.358. The fourth-order valence-electron chi connectivity index (χ4n) is 5.64. The number of amides is 1. The third-order valence-corrected chi connectivity index (χ3v) is 7.50. The Morgan fingerprint density at radius 1 is 0.971 bits per heavy atom. The number of carbonyl (C=O) groups is 2. The van der Waals surface area contributed by atoms with Crippen molar-refractivity contribution in [2.24, 2.45) is 13.0 Å². The summed E-state index contributed by atoms with van der Waals surface area (Å²) < 4.78 is 2.23. The Hall–Kier alpha value is -3.51. The maximum atomic E-state index is 13.5. The van der Waals surface area contributed by atoms with Crippen LogP contribution in [0.25, 0.3) is 21.8 Å². The summed E-state index contributed by atoms with van der Waals surface area (Å²) in [6, 6.07) is 20.3. The number of pyridine rings is 1. The molecular weight excluding hydrogens is 424 g/mol. The van der Waals surface area contributed by atoms with Crippen molar-refractivity contribution in [1.29, 1.82) is 0 Å². The van der Waals surface area contributed by atoms with Crippen LogP contribution in [0.1, 0.15) is 17.7 Å². The number of carbonyl (C=O) groups excluding carboxylic acids is 2. The SMILES string of the molecule is Cn1c(CN2CCN3C(=O)CC(Cc4cnc5ccccc5c4)C(=O)C3C2)cc2ccccc21. The highest BCUT2D eigenvalue weighted by Gasteiger charge is 2.43. The van der Waals surface area contributed by atoms with Crippen LogP contribution in [-0.2, 0) is 29.6 Å². The van der Waals surface area contributed by atoms with E-state index in [9.17, 15) is 9.59 Å². The number of Topliss-reactive ketones (excluding diaryl/α,β-unsaturated/α-hetero) is 1. The Morgan fingerprint density at radius 2 is 1.76 bits per heavy atom.